The molecule has 35 heavy (non-hydrogen) atoms. The molecule has 0 aliphatic heterocycles. The van der Waals surface area contributed by atoms with Gasteiger partial charge in [0, 0.05) is 27.5 Å². The van der Waals surface area contributed by atoms with Crippen molar-refractivity contribution in [3.05, 3.63) is 45.1 Å². The van der Waals surface area contributed by atoms with Gasteiger partial charge < -0.3 is 14.8 Å². The minimum Gasteiger partial charge on any atom is -0.465 e. The number of esters is 2. The van der Waals surface area contributed by atoms with E-state index < -0.39 is 11.9 Å². The largest absolute Gasteiger partial charge is 0.465 e. The average molecular weight is 517 g/mol. The molecule has 3 rings (SSSR count). The number of thiophene rings is 1. The van der Waals surface area contributed by atoms with Gasteiger partial charge in [-0.25, -0.2) is 9.59 Å². The second-order valence-corrected chi connectivity index (χ2v) is 9.95. The first-order valence-electron chi connectivity index (χ1n) is 11.0. The lowest BCUT2D eigenvalue weighted by atomic mass is 10.1. The van der Waals surface area contributed by atoms with Gasteiger partial charge >= 0.3 is 11.9 Å². The first-order chi connectivity index (χ1) is 16.7. The lowest BCUT2D eigenvalue weighted by molar-refractivity contribution is -0.113. The molecule has 0 saturated heterocycles. The van der Waals surface area contributed by atoms with Crippen LogP contribution < -0.4 is 5.32 Å². The zero-order valence-electron chi connectivity index (χ0n) is 20.5. The summed E-state index contributed by atoms with van der Waals surface area (Å²) >= 11 is 2.96. The number of carbonyl (C=O) groups is 3. The summed E-state index contributed by atoms with van der Waals surface area (Å²) in [5.74, 6) is -0.739. The summed E-state index contributed by atoms with van der Waals surface area (Å²) in [6, 6.07) is 4.34. The molecular formula is C24H28N4O5S2. The summed E-state index contributed by atoms with van der Waals surface area (Å²) in [6.45, 7) is 8.32. The van der Waals surface area contributed by atoms with E-state index in [0.717, 1.165) is 17.8 Å². The van der Waals surface area contributed by atoms with Crippen LogP contribution in [0.15, 0.2) is 28.7 Å². The first-order valence-corrected chi connectivity index (χ1v) is 12.8. The Morgan fingerprint density at radius 1 is 1.09 bits per heavy atom. The predicted octanol–water partition coefficient (Wildman–Crippen LogP) is 4.76. The van der Waals surface area contributed by atoms with E-state index in [2.05, 4.69) is 48.6 Å². The molecule has 0 saturated carbocycles. The Morgan fingerprint density at radius 2 is 1.71 bits per heavy atom. The number of hydrogen-bond acceptors (Lipinski definition) is 9. The summed E-state index contributed by atoms with van der Waals surface area (Å²) in [5, 5.41) is 14.3. The highest BCUT2D eigenvalue weighted by Gasteiger charge is 2.21. The monoisotopic (exact) mass is 516 g/mol. The number of benzene rings is 1. The zero-order valence-corrected chi connectivity index (χ0v) is 22.1. The Kier molecular flexibility index (Phi) is 8.68. The highest BCUT2D eigenvalue weighted by atomic mass is 32.2. The van der Waals surface area contributed by atoms with Crippen molar-refractivity contribution in [2.75, 3.05) is 25.3 Å². The molecule has 2 heterocycles. The third-order valence-electron chi connectivity index (χ3n) is 5.27. The molecule has 1 amide bonds. The molecule has 9 nitrogen and oxygen atoms in total. The van der Waals surface area contributed by atoms with Crippen molar-refractivity contribution in [1.82, 2.24) is 14.8 Å². The predicted molar refractivity (Wildman–Crippen MR) is 136 cm³/mol. The maximum atomic E-state index is 12.7. The van der Waals surface area contributed by atoms with Gasteiger partial charge in [0.1, 0.15) is 0 Å². The summed E-state index contributed by atoms with van der Waals surface area (Å²) < 4.78 is 11.5. The molecule has 3 aromatic rings. The van der Waals surface area contributed by atoms with Gasteiger partial charge in [0.25, 0.3) is 0 Å². The number of aryl methyl sites for hydroxylation is 1. The normalized spacial score (nSPS) is 10.9. The van der Waals surface area contributed by atoms with Crippen LogP contribution in [-0.2, 0) is 20.7 Å². The van der Waals surface area contributed by atoms with E-state index in [-0.39, 0.29) is 34.5 Å². The number of methoxy groups -OCH3 is 2. The summed E-state index contributed by atoms with van der Waals surface area (Å²) in [6.07, 6.45) is 0.901. The van der Waals surface area contributed by atoms with Crippen molar-refractivity contribution in [2.45, 2.75) is 45.3 Å². The third kappa shape index (κ3) is 5.91. The fourth-order valence-corrected chi connectivity index (χ4v) is 5.44. The van der Waals surface area contributed by atoms with Crippen LogP contribution in [0.5, 0.6) is 0 Å². The van der Waals surface area contributed by atoms with Crippen LogP contribution in [0.25, 0.3) is 11.4 Å². The van der Waals surface area contributed by atoms with Gasteiger partial charge in [-0.2, -0.15) is 0 Å². The van der Waals surface area contributed by atoms with E-state index in [1.165, 1.54) is 54.6 Å². The van der Waals surface area contributed by atoms with E-state index in [0.29, 0.717) is 5.16 Å². The highest BCUT2D eigenvalue weighted by molar-refractivity contribution is 7.99. The minimum absolute atomic E-state index is 0.0597. The standard InChI is InChI=1S/C24H28N4O5S2/c1-7-18-14(4)34-11-19(18)21-26-27-24(28(21)13(2)3)35-12-20(29)25-17-9-15(22(30)32-5)8-16(10-17)23(31)33-6/h8-11,13H,7,12H2,1-6H3,(H,25,29). The molecule has 11 heteroatoms. The molecule has 2 aromatic heterocycles. The molecule has 0 atom stereocenters. The fourth-order valence-electron chi connectivity index (χ4n) is 3.63. The van der Waals surface area contributed by atoms with Gasteiger partial charge in [0.15, 0.2) is 11.0 Å². The van der Waals surface area contributed by atoms with Gasteiger partial charge in [-0.15, -0.1) is 21.5 Å². The molecule has 1 N–H and O–H groups in total. The van der Waals surface area contributed by atoms with Crippen LogP contribution in [0.1, 0.15) is 58.0 Å². The minimum atomic E-state index is -0.631. The molecular weight excluding hydrogens is 488 g/mol. The highest BCUT2D eigenvalue weighted by Crippen LogP contribution is 2.34. The van der Waals surface area contributed by atoms with Gasteiger partial charge in [0.2, 0.25) is 5.91 Å². The summed E-state index contributed by atoms with van der Waals surface area (Å²) in [4.78, 5) is 38.0. The number of ether oxygens (including phenoxy) is 2. The van der Waals surface area contributed by atoms with E-state index >= 15 is 0 Å². The third-order valence-corrected chi connectivity index (χ3v) is 7.17. The van der Waals surface area contributed by atoms with E-state index in [1.54, 1.807) is 11.3 Å². The van der Waals surface area contributed by atoms with Crippen LogP contribution in [0.4, 0.5) is 5.69 Å². The van der Waals surface area contributed by atoms with Gasteiger partial charge in [-0.1, -0.05) is 18.7 Å². The van der Waals surface area contributed by atoms with Gasteiger partial charge in [0.05, 0.1) is 31.1 Å². The Labute approximate surface area is 212 Å². The number of amides is 1. The smallest absolute Gasteiger partial charge is 0.337 e. The van der Waals surface area contributed by atoms with Crippen molar-refractivity contribution in [3.63, 3.8) is 0 Å². The topological polar surface area (TPSA) is 112 Å². The van der Waals surface area contributed by atoms with Crippen LogP contribution >= 0.6 is 23.1 Å². The van der Waals surface area contributed by atoms with Crippen molar-refractivity contribution >= 4 is 46.6 Å². The van der Waals surface area contributed by atoms with Crippen LogP contribution in [-0.4, -0.2) is 52.6 Å². The lowest BCUT2D eigenvalue weighted by Crippen LogP contribution is -2.16. The van der Waals surface area contributed by atoms with Gasteiger partial charge in [-0.05, 0) is 51.0 Å². The quantitative estimate of drug-likeness (QED) is 0.320. The summed E-state index contributed by atoms with van der Waals surface area (Å²) in [5.41, 5.74) is 2.86. The molecule has 0 aliphatic carbocycles. The van der Waals surface area contributed by atoms with E-state index in [4.69, 9.17) is 9.47 Å². The Balaban J connectivity index is 1.80. The number of rotatable bonds is 9. The molecule has 0 fully saturated rings. The number of anilines is 1. The second-order valence-electron chi connectivity index (χ2n) is 7.93. The second kappa shape index (κ2) is 11.5. The number of thioether (sulfide) groups is 1. The Hall–Kier alpha value is -3.18. The Bertz CT molecular complexity index is 1210. The Morgan fingerprint density at radius 3 is 2.26 bits per heavy atom. The molecule has 0 aliphatic rings. The molecule has 1 aromatic carbocycles. The average Bonchev–Trinajstić information content (AvgIpc) is 3.44. The molecule has 0 spiro atoms. The lowest BCUT2D eigenvalue weighted by Gasteiger charge is -2.14. The summed E-state index contributed by atoms with van der Waals surface area (Å²) in [7, 11) is 2.48. The maximum Gasteiger partial charge on any atom is 0.337 e. The number of aromatic nitrogens is 3. The van der Waals surface area contributed by atoms with Crippen molar-refractivity contribution < 1.29 is 23.9 Å². The number of nitrogens with one attached hydrogen (secondary N) is 1. The number of nitrogens with zero attached hydrogens (tertiary/aromatic N) is 3. The SMILES string of the molecule is CCc1c(-c2nnc(SCC(=O)Nc3cc(C(=O)OC)cc(C(=O)OC)c3)n2C(C)C)csc1C. The molecule has 0 radical (unpaired) electrons. The molecule has 0 bridgehead atoms. The van der Waals surface area contributed by atoms with Crippen LogP contribution in [0.3, 0.4) is 0 Å². The van der Waals surface area contributed by atoms with Crippen molar-refractivity contribution in [1.29, 1.82) is 0 Å². The molecule has 186 valence electrons. The van der Waals surface area contributed by atoms with Crippen molar-refractivity contribution in [2.24, 2.45) is 0 Å². The van der Waals surface area contributed by atoms with E-state index in [9.17, 15) is 14.4 Å². The first kappa shape index (κ1) is 26.4. The number of hydrogen-bond donors (Lipinski definition) is 1. The van der Waals surface area contributed by atoms with Crippen molar-refractivity contribution in [3.8, 4) is 11.4 Å². The maximum absolute atomic E-state index is 12.7. The number of carbonyl (C=O) groups excluding carboxylic acids is 3. The van der Waals surface area contributed by atoms with Crippen LogP contribution in [0.2, 0.25) is 0 Å². The molecule has 0 unspecified atom stereocenters. The van der Waals surface area contributed by atoms with Crippen LogP contribution in [0, 0.1) is 6.92 Å². The van der Waals surface area contributed by atoms with Gasteiger partial charge in [-0.3, -0.25) is 9.36 Å². The fraction of sp³-hybridized carbons (Fsp3) is 0.375. The van der Waals surface area contributed by atoms with E-state index in [1.807, 2.05) is 4.57 Å². The zero-order chi connectivity index (χ0) is 25.7.